The van der Waals surface area contributed by atoms with Crippen molar-refractivity contribution in [2.45, 2.75) is 24.5 Å². The predicted octanol–water partition coefficient (Wildman–Crippen LogP) is 1.87. The van der Waals surface area contributed by atoms with Gasteiger partial charge < -0.3 is 5.32 Å². The quantitative estimate of drug-likeness (QED) is 0.906. The Labute approximate surface area is 125 Å². The average Bonchev–Trinajstić information content (AvgIpc) is 2.80. The molecule has 0 radical (unpaired) electrons. The van der Waals surface area contributed by atoms with Gasteiger partial charge in [-0.2, -0.15) is 5.10 Å². The summed E-state index contributed by atoms with van der Waals surface area (Å²) in [5.74, 6) is 0.950. The van der Waals surface area contributed by atoms with E-state index in [2.05, 4.69) is 31.3 Å². The highest BCUT2D eigenvalue weighted by Gasteiger charge is 2.28. The van der Waals surface area contributed by atoms with Crippen molar-refractivity contribution in [1.29, 1.82) is 0 Å². The van der Waals surface area contributed by atoms with Crippen LogP contribution in [0.15, 0.2) is 23.1 Å². The van der Waals surface area contributed by atoms with Gasteiger partial charge in [0, 0.05) is 18.9 Å². The van der Waals surface area contributed by atoms with Crippen molar-refractivity contribution in [2.24, 2.45) is 0 Å². The smallest absolute Gasteiger partial charge is 0.154 e. The standard InChI is InChI=1S/C12H15BrN4O2S/c13-10-8-16-17-5-4-14-12(11(10)17)15-7-9-3-1-2-6-20(9,18)19/h4-5,8-9H,1-3,6-7H2,(H,14,15). The molecule has 1 N–H and O–H groups in total. The summed E-state index contributed by atoms with van der Waals surface area (Å²) >= 11 is 3.42. The van der Waals surface area contributed by atoms with Crippen LogP contribution in [0.25, 0.3) is 5.52 Å². The number of nitrogens with zero attached hydrogens (tertiary/aromatic N) is 3. The number of sulfone groups is 1. The van der Waals surface area contributed by atoms with Crippen LogP contribution >= 0.6 is 15.9 Å². The van der Waals surface area contributed by atoms with Gasteiger partial charge in [0.1, 0.15) is 5.52 Å². The zero-order chi connectivity index (χ0) is 14.2. The molecule has 3 heterocycles. The number of fused-ring (bicyclic) bond motifs is 1. The normalized spacial score (nSPS) is 21.9. The fourth-order valence-corrected chi connectivity index (χ4v) is 4.76. The van der Waals surface area contributed by atoms with Gasteiger partial charge in [-0.1, -0.05) is 6.42 Å². The summed E-state index contributed by atoms with van der Waals surface area (Å²) in [4.78, 5) is 4.28. The lowest BCUT2D eigenvalue weighted by molar-refractivity contribution is 0.544. The number of halogens is 1. The Kier molecular flexibility index (Phi) is 3.68. The molecule has 3 rings (SSSR count). The summed E-state index contributed by atoms with van der Waals surface area (Å²) < 4.78 is 26.5. The Morgan fingerprint density at radius 3 is 3.10 bits per heavy atom. The van der Waals surface area contributed by atoms with Crippen LogP contribution < -0.4 is 5.32 Å². The zero-order valence-corrected chi connectivity index (χ0v) is 13.2. The van der Waals surface area contributed by atoms with E-state index in [1.165, 1.54) is 0 Å². The van der Waals surface area contributed by atoms with Gasteiger partial charge in [0.05, 0.1) is 21.7 Å². The van der Waals surface area contributed by atoms with Crippen LogP contribution in [-0.4, -0.2) is 40.6 Å². The summed E-state index contributed by atoms with van der Waals surface area (Å²) in [5, 5.41) is 7.01. The topological polar surface area (TPSA) is 76.4 Å². The molecule has 1 saturated heterocycles. The predicted molar refractivity (Wildman–Crippen MR) is 80.6 cm³/mol. The van der Waals surface area contributed by atoms with Gasteiger partial charge in [0.15, 0.2) is 15.7 Å². The van der Waals surface area contributed by atoms with Gasteiger partial charge in [0.25, 0.3) is 0 Å². The Bertz CT molecular complexity index is 728. The highest BCUT2D eigenvalue weighted by atomic mass is 79.9. The summed E-state index contributed by atoms with van der Waals surface area (Å²) in [6.45, 7) is 0.395. The fraction of sp³-hybridized carbons (Fsp3) is 0.500. The third-order valence-electron chi connectivity index (χ3n) is 3.60. The zero-order valence-electron chi connectivity index (χ0n) is 10.8. The molecule has 0 aliphatic carbocycles. The maximum absolute atomic E-state index is 12.0. The molecule has 8 heteroatoms. The molecule has 20 heavy (non-hydrogen) atoms. The Balaban J connectivity index is 1.82. The van der Waals surface area contributed by atoms with Crippen LogP contribution in [0.4, 0.5) is 5.82 Å². The van der Waals surface area contributed by atoms with Crippen molar-refractivity contribution < 1.29 is 8.42 Å². The van der Waals surface area contributed by atoms with E-state index in [-0.39, 0.29) is 5.25 Å². The summed E-state index contributed by atoms with van der Waals surface area (Å²) in [5.41, 5.74) is 0.820. The number of nitrogens with one attached hydrogen (secondary N) is 1. The van der Waals surface area contributed by atoms with Gasteiger partial charge in [-0.15, -0.1) is 0 Å². The van der Waals surface area contributed by atoms with E-state index < -0.39 is 9.84 Å². The molecular formula is C12H15BrN4O2S. The second-order valence-electron chi connectivity index (χ2n) is 4.93. The minimum Gasteiger partial charge on any atom is -0.367 e. The third-order valence-corrected chi connectivity index (χ3v) is 6.45. The molecule has 0 amide bonds. The number of hydrogen-bond donors (Lipinski definition) is 1. The molecule has 1 aliphatic rings. The first-order chi connectivity index (χ1) is 9.58. The van der Waals surface area contributed by atoms with Gasteiger partial charge in [-0.05, 0) is 28.8 Å². The number of anilines is 1. The van der Waals surface area contributed by atoms with Crippen LogP contribution in [0, 0.1) is 0 Å². The molecule has 0 bridgehead atoms. The first-order valence-electron chi connectivity index (χ1n) is 6.51. The minimum atomic E-state index is -2.97. The van der Waals surface area contributed by atoms with Crippen molar-refractivity contribution in [3.05, 3.63) is 23.1 Å². The molecule has 1 aliphatic heterocycles. The molecule has 1 unspecified atom stereocenters. The molecule has 108 valence electrons. The van der Waals surface area contributed by atoms with E-state index in [1.54, 1.807) is 23.1 Å². The van der Waals surface area contributed by atoms with E-state index in [0.717, 1.165) is 29.3 Å². The summed E-state index contributed by atoms with van der Waals surface area (Å²) in [6.07, 6.45) is 7.56. The number of rotatable bonds is 3. The van der Waals surface area contributed by atoms with Crippen molar-refractivity contribution in [3.8, 4) is 0 Å². The SMILES string of the molecule is O=S1(=O)CCCCC1CNc1nccn2ncc(Br)c12. The number of hydrogen-bond acceptors (Lipinski definition) is 5. The van der Waals surface area contributed by atoms with Crippen LogP contribution in [0.2, 0.25) is 0 Å². The van der Waals surface area contributed by atoms with Gasteiger partial charge >= 0.3 is 0 Å². The number of aromatic nitrogens is 3. The first-order valence-corrected chi connectivity index (χ1v) is 9.02. The van der Waals surface area contributed by atoms with E-state index in [9.17, 15) is 8.42 Å². The monoisotopic (exact) mass is 358 g/mol. The Hall–Kier alpha value is -1.15. The highest BCUT2D eigenvalue weighted by molar-refractivity contribution is 9.10. The second-order valence-corrected chi connectivity index (χ2v) is 8.18. The second kappa shape index (κ2) is 5.33. The molecule has 2 aromatic heterocycles. The van der Waals surface area contributed by atoms with E-state index >= 15 is 0 Å². The fourth-order valence-electron chi connectivity index (χ4n) is 2.50. The minimum absolute atomic E-state index is 0.299. The lowest BCUT2D eigenvalue weighted by Crippen LogP contribution is -2.34. The van der Waals surface area contributed by atoms with Crippen molar-refractivity contribution in [3.63, 3.8) is 0 Å². The van der Waals surface area contributed by atoms with Gasteiger partial charge in [-0.3, -0.25) is 0 Å². The van der Waals surface area contributed by atoms with Crippen LogP contribution in [0.1, 0.15) is 19.3 Å². The maximum atomic E-state index is 12.0. The van der Waals surface area contributed by atoms with E-state index in [4.69, 9.17) is 0 Å². The van der Waals surface area contributed by atoms with Crippen molar-refractivity contribution >= 4 is 37.1 Å². The maximum Gasteiger partial charge on any atom is 0.154 e. The Morgan fingerprint density at radius 1 is 1.45 bits per heavy atom. The molecular weight excluding hydrogens is 344 g/mol. The molecule has 1 atom stereocenters. The highest BCUT2D eigenvalue weighted by Crippen LogP contribution is 2.24. The van der Waals surface area contributed by atoms with E-state index in [1.807, 2.05) is 0 Å². The summed E-state index contributed by atoms with van der Waals surface area (Å²) in [6, 6.07) is 0. The van der Waals surface area contributed by atoms with Crippen LogP contribution in [-0.2, 0) is 9.84 Å². The van der Waals surface area contributed by atoms with Gasteiger partial charge in [0.2, 0.25) is 0 Å². The lowest BCUT2D eigenvalue weighted by atomic mass is 10.2. The van der Waals surface area contributed by atoms with Crippen molar-refractivity contribution in [1.82, 2.24) is 14.6 Å². The largest absolute Gasteiger partial charge is 0.367 e. The average molecular weight is 359 g/mol. The molecule has 1 fully saturated rings. The van der Waals surface area contributed by atoms with Crippen molar-refractivity contribution in [2.75, 3.05) is 17.6 Å². The first kappa shape index (κ1) is 13.8. The molecule has 0 aromatic carbocycles. The lowest BCUT2D eigenvalue weighted by Gasteiger charge is -2.22. The van der Waals surface area contributed by atoms with Crippen LogP contribution in [0.3, 0.4) is 0 Å². The molecule has 2 aromatic rings. The van der Waals surface area contributed by atoms with Gasteiger partial charge in [-0.25, -0.2) is 17.9 Å². The molecule has 6 nitrogen and oxygen atoms in total. The Morgan fingerprint density at radius 2 is 2.30 bits per heavy atom. The third kappa shape index (κ3) is 2.54. The molecule has 0 saturated carbocycles. The summed E-state index contributed by atoms with van der Waals surface area (Å²) in [7, 11) is -2.97. The van der Waals surface area contributed by atoms with Crippen LogP contribution in [0.5, 0.6) is 0 Å². The van der Waals surface area contributed by atoms with E-state index in [0.29, 0.717) is 18.1 Å². The molecule has 0 spiro atoms.